The molecule has 0 radical (unpaired) electrons. The molecule has 0 atom stereocenters. The highest BCUT2D eigenvalue weighted by Crippen LogP contribution is 2.17. The maximum absolute atomic E-state index is 11.7. The van der Waals surface area contributed by atoms with Crippen LogP contribution in [0.2, 0.25) is 0 Å². The van der Waals surface area contributed by atoms with Crippen molar-refractivity contribution in [2.45, 2.75) is 12.6 Å². The highest BCUT2D eigenvalue weighted by molar-refractivity contribution is 14.0. The van der Waals surface area contributed by atoms with E-state index in [1.54, 1.807) is 0 Å². The Labute approximate surface area is 104 Å². The van der Waals surface area contributed by atoms with E-state index in [9.17, 15) is 13.2 Å². The Bertz CT molecular complexity index is 232. The van der Waals surface area contributed by atoms with Crippen molar-refractivity contribution in [3.8, 4) is 12.3 Å². The van der Waals surface area contributed by atoms with Crippen molar-refractivity contribution in [3.05, 3.63) is 0 Å². The number of hydrogen-bond acceptors (Lipinski definition) is 1. The lowest BCUT2D eigenvalue weighted by Crippen LogP contribution is -2.38. The van der Waals surface area contributed by atoms with Gasteiger partial charge in [0.05, 0.1) is 13.0 Å². The summed E-state index contributed by atoms with van der Waals surface area (Å²) in [7, 11) is 1.46. The summed E-state index contributed by atoms with van der Waals surface area (Å²) >= 11 is 0. The molecule has 0 aromatic rings. The first-order valence-electron chi connectivity index (χ1n) is 3.94. The molecule has 0 aromatic heterocycles. The van der Waals surface area contributed by atoms with Gasteiger partial charge in [0.2, 0.25) is 0 Å². The van der Waals surface area contributed by atoms with Crippen LogP contribution in [0.1, 0.15) is 6.42 Å². The van der Waals surface area contributed by atoms with Gasteiger partial charge in [0.1, 0.15) is 0 Å². The van der Waals surface area contributed by atoms with Gasteiger partial charge in [-0.25, -0.2) is 0 Å². The van der Waals surface area contributed by atoms with Crippen LogP contribution < -0.4 is 10.6 Å². The number of terminal acetylenes is 1. The minimum absolute atomic E-state index is 0. The number of aliphatic imine (C=N–C) groups is 1. The fraction of sp³-hybridized carbons (Fsp3) is 0.625. The monoisotopic (exact) mass is 335 g/mol. The molecule has 0 aliphatic rings. The third-order valence-electron chi connectivity index (χ3n) is 1.28. The molecule has 0 spiro atoms. The number of nitrogens with one attached hydrogen (secondary N) is 2. The molecule has 0 saturated heterocycles. The van der Waals surface area contributed by atoms with Crippen LogP contribution in [0.4, 0.5) is 13.2 Å². The standard InChI is InChI=1S/C8H12F3N3.HI/c1-3-5-13-7(12-2)14-6-4-8(9,10)11;/h1H,4-6H2,2H3,(H2,12,13,14);1H. The molecule has 0 fully saturated rings. The largest absolute Gasteiger partial charge is 0.390 e. The Morgan fingerprint density at radius 3 is 2.40 bits per heavy atom. The second kappa shape index (κ2) is 8.64. The lowest BCUT2D eigenvalue weighted by atomic mass is 10.4. The van der Waals surface area contributed by atoms with Gasteiger partial charge in [-0.15, -0.1) is 30.4 Å². The molecule has 0 amide bonds. The third-order valence-corrected chi connectivity index (χ3v) is 1.28. The van der Waals surface area contributed by atoms with E-state index in [1.165, 1.54) is 7.05 Å². The molecule has 0 aliphatic carbocycles. The molecule has 15 heavy (non-hydrogen) atoms. The predicted octanol–water partition coefficient (Wildman–Crippen LogP) is 1.35. The van der Waals surface area contributed by atoms with Gasteiger partial charge in [-0.05, 0) is 0 Å². The summed E-state index contributed by atoms with van der Waals surface area (Å²) in [6.45, 7) is 0.0133. The predicted molar refractivity (Wildman–Crippen MR) is 64.3 cm³/mol. The average Bonchev–Trinajstić information content (AvgIpc) is 2.09. The van der Waals surface area contributed by atoms with Crippen LogP contribution in [-0.2, 0) is 0 Å². The van der Waals surface area contributed by atoms with Gasteiger partial charge in [-0.3, -0.25) is 4.99 Å². The smallest absolute Gasteiger partial charge is 0.356 e. The number of guanidine groups is 1. The van der Waals surface area contributed by atoms with Crippen LogP contribution in [0.15, 0.2) is 4.99 Å². The number of halogens is 4. The molecule has 3 nitrogen and oxygen atoms in total. The zero-order valence-corrected chi connectivity index (χ0v) is 10.5. The first kappa shape index (κ1) is 16.8. The molecule has 88 valence electrons. The fourth-order valence-corrected chi connectivity index (χ4v) is 0.678. The van der Waals surface area contributed by atoms with Gasteiger partial charge in [-0.2, -0.15) is 13.2 Å². The Hall–Kier alpha value is -0.650. The van der Waals surface area contributed by atoms with E-state index in [0.29, 0.717) is 0 Å². The highest BCUT2D eigenvalue weighted by Gasteiger charge is 2.26. The topological polar surface area (TPSA) is 36.4 Å². The van der Waals surface area contributed by atoms with Crippen LogP contribution in [-0.4, -0.2) is 32.3 Å². The number of hydrogen-bond donors (Lipinski definition) is 2. The molecule has 0 aromatic carbocycles. The summed E-state index contributed by atoms with van der Waals surface area (Å²) in [4.78, 5) is 3.68. The van der Waals surface area contributed by atoms with Gasteiger partial charge in [0.25, 0.3) is 0 Å². The van der Waals surface area contributed by atoms with Crippen LogP contribution >= 0.6 is 24.0 Å². The molecule has 0 unspecified atom stereocenters. The quantitative estimate of drug-likeness (QED) is 0.354. The number of nitrogens with zero attached hydrogens (tertiary/aromatic N) is 1. The Kier molecular flexibility index (Phi) is 9.66. The van der Waals surface area contributed by atoms with Gasteiger partial charge >= 0.3 is 6.18 Å². The van der Waals surface area contributed by atoms with Crippen LogP contribution in [0.3, 0.4) is 0 Å². The Balaban J connectivity index is 0. The van der Waals surface area contributed by atoms with E-state index in [1.807, 2.05) is 0 Å². The molecule has 2 N–H and O–H groups in total. The van der Waals surface area contributed by atoms with Crippen molar-refractivity contribution >= 4 is 29.9 Å². The SMILES string of the molecule is C#CCNC(=NC)NCCC(F)(F)F.I. The van der Waals surface area contributed by atoms with Gasteiger partial charge in [0, 0.05) is 13.6 Å². The third kappa shape index (κ3) is 11.3. The van der Waals surface area contributed by atoms with E-state index in [0.717, 1.165) is 0 Å². The maximum Gasteiger partial charge on any atom is 0.390 e. The van der Waals surface area contributed by atoms with Crippen LogP contribution in [0.5, 0.6) is 0 Å². The minimum Gasteiger partial charge on any atom is -0.356 e. The first-order chi connectivity index (χ1) is 6.49. The lowest BCUT2D eigenvalue weighted by Gasteiger charge is -2.10. The summed E-state index contributed by atoms with van der Waals surface area (Å²) in [6, 6.07) is 0. The summed E-state index contributed by atoms with van der Waals surface area (Å²) < 4.78 is 35.2. The Morgan fingerprint density at radius 1 is 1.40 bits per heavy atom. The zero-order valence-electron chi connectivity index (χ0n) is 8.19. The second-order valence-corrected chi connectivity index (χ2v) is 2.42. The molecule has 0 rings (SSSR count). The number of rotatable bonds is 3. The van der Waals surface area contributed by atoms with E-state index in [-0.39, 0.29) is 43.0 Å². The molecule has 0 heterocycles. The van der Waals surface area contributed by atoms with Gasteiger partial charge < -0.3 is 10.6 Å². The molecule has 0 saturated carbocycles. The molecule has 0 aliphatic heterocycles. The van der Waals surface area contributed by atoms with E-state index in [2.05, 4.69) is 21.5 Å². The van der Waals surface area contributed by atoms with Crippen LogP contribution in [0.25, 0.3) is 0 Å². The van der Waals surface area contributed by atoms with Crippen molar-refractivity contribution in [2.75, 3.05) is 20.1 Å². The van der Waals surface area contributed by atoms with E-state index >= 15 is 0 Å². The molecular weight excluding hydrogens is 322 g/mol. The van der Waals surface area contributed by atoms with Gasteiger partial charge in [0.15, 0.2) is 5.96 Å². The van der Waals surface area contributed by atoms with Crippen molar-refractivity contribution in [1.29, 1.82) is 0 Å². The van der Waals surface area contributed by atoms with Crippen molar-refractivity contribution < 1.29 is 13.2 Å². The summed E-state index contributed by atoms with van der Waals surface area (Å²) in [5.74, 6) is 2.56. The maximum atomic E-state index is 11.7. The lowest BCUT2D eigenvalue weighted by molar-refractivity contribution is -0.132. The summed E-state index contributed by atoms with van der Waals surface area (Å²) in [5, 5.41) is 5.12. The Morgan fingerprint density at radius 2 is 2.00 bits per heavy atom. The summed E-state index contributed by atoms with van der Waals surface area (Å²) in [5.41, 5.74) is 0. The van der Waals surface area contributed by atoms with Gasteiger partial charge in [-0.1, -0.05) is 5.92 Å². The number of alkyl halides is 3. The van der Waals surface area contributed by atoms with Crippen LogP contribution in [0, 0.1) is 12.3 Å². The van der Waals surface area contributed by atoms with E-state index < -0.39 is 12.6 Å². The molecule has 0 bridgehead atoms. The van der Waals surface area contributed by atoms with Crippen molar-refractivity contribution in [1.82, 2.24) is 10.6 Å². The normalized spacial score (nSPS) is 11.3. The first-order valence-corrected chi connectivity index (χ1v) is 3.94. The van der Waals surface area contributed by atoms with E-state index in [4.69, 9.17) is 6.42 Å². The second-order valence-electron chi connectivity index (χ2n) is 2.42. The fourth-order valence-electron chi connectivity index (χ4n) is 0.678. The molecular formula is C8H13F3IN3. The zero-order chi connectivity index (χ0) is 11.0. The summed E-state index contributed by atoms with van der Waals surface area (Å²) in [6.07, 6.45) is -0.0997. The van der Waals surface area contributed by atoms with Crippen molar-refractivity contribution in [3.63, 3.8) is 0 Å². The highest BCUT2D eigenvalue weighted by atomic mass is 127. The average molecular weight is 335 g/mol. The minimum atomic E-state index is -4.15. The van der Waals surface area contributed by atoms with Crippen molar-refractivity contribution in [2.24, 2.45) is 4.99 Å². The molecule has 7 heteroatoms.